The molecule has 28 heavy (non-hydrogen) atoms. The van der Waals surface area contributed by atoms with E-state index in [4.69, 9.17) is 0 Å². The Hall–Kier alpha value is -2.67. The van der Waals surface area contributed by atoms with E-state index in [1.165, 1.54) is 16.0 Å². The SMILES string of the molecule is CC(NC(=O)c1ccc2c(c1)Cc1ccccc1-2)C(=O)N1CCS(=O)(=O)CC1. The first-order chi connectivity index (χ1) is 13.3. The molecule has 2 aromatic rings. The maximum absolute atomic E-state index is 12.6. The molecule has 1 aliphatic heterocycles. The fourth-order valence-corrected chi connectivity index (χ4v) is 5.04. The zero-order valence-electron chi connectivity index (χ0n) is 15.6. The minimum absolute atomic E-state index is 0.0230. The van der Waals surface area contributed by atoms with Crippen LogP contribution < -0.4 is 5.32 Å². The maximum atomic E-state index is 12.6. The first-order valence-electron chi connectivity index (χ1n) is 9.35. The average Bonchev–Trinajstić information content (AvgIpc) is 3.05. The summed E-state index contributed by atoms with van der Waals surface area (Å²) in [7, 11) is -3.05. The molecule has 1 heterocycles. The van der Waals surface area contributed by atoms with Crippen molar-refractivity contribution in [1.29, 1.82) is 0 Å². The zero-order chi connectivity index (χ0) is 19.9. The summed E-state index contributed by atoms with van der Waals surface area (Å²) in [6, 6.07) is 13.1. The Balaban J connectivity index is 1.43. The van der Waals surface area contributed by atoms with Gasteiger partial charge in [-0.25, -0.2) is 8.42 Å². The van der Waals surface area contributed by atoms with E-state index in [-0.39, 0.29) is 36.4 Å². The van der Waals surface area contributed by atoms with Crippen LogP contribution in [-0.2, 0) is 21.1 Å². The van der Waals surface area contributed by atoms with Crippen molar-refractivity contribution in [3.8, 4) is 11.1 Å². The normalized spacial score (nSPS) is 18.1. The minimum atomic E-state index is -3.05. The molecule has 1 atom stereocenters. The highest BCUT2D eigenvalue weighted by molar-refractivity contribution is 7.91. The third-order valence-electron chi connectivity index (χ3n) is 5.43. The molecule has 2 aliphatic rings. The summed E-state index contributed by atoms with van der Waals surface area (Å²) in [6.07, 6.45) is 0.795. The number of hydrogen-bond donors (Lipinski definition) is 1. The number of rotatable bonds is 3. The van der Waals surface area contributed by atoms with Crippen molar-refractivity contribution in [2.45, 2.75) is 19.4 Å². The molecule has 4 rings (SSSR count). The predicted molar refractivity (Wildman–Crippen MR) is 107 cm³/mol. The largest absolute Gasteiger partial charge is 0.341 e. The van der Waals surface area contributed by atoms with Crippen LogP contribution in [0.1, 0.15) is 28.4 Å². The number of nitrogens with one attached hydrogen (secondary N) is 1. The van der Waals surface area contributed by atoms with E-state index in [1.807, 2.05) is 24.3 Å². The molecule has 146 valence electrons. The molecule has 0 saturated carbocycles. The van der Waals surface area contributed by atoms with Gasteiger partial charge in [0.25, 0.3) is 5.91 Å². The van der Waals surface area contributed by atoms with Gasteiger partial charge in [-0.15, -0.1) is 0 Å². The van der Waals surface area contributed by atoms with Gasteiger partial charge in [-0.05, 0) is 47.7 Å². The van der Waals surface area contributed by atoms with E-state index in [0.717, 1.165) is 17.5 Å². The van der Waals surface area contributed by atoms with Crippen molar-refractivity contribution in [1.82, 2.24) is 10.2 Å². The second-order valence-corrected chi connectivity index (χ2v) is 9.68. The molecule has 1 N–H and O–H groups in total. The van der Waals surface area contributed by atoms with Crippen LogP contribution in [0.3, 0.4) is 0 Å². The lowest BCUT2D eigenvalue weighted by atomic mass is 10.0. The number of benzene rings is 2. The summed E-state index contributed by atoms with van der Waals surface area (Å²) in [4.78, 5) is 26.7. The van der Waals surface area contributed by atoms with Crippen LogP contribution in [0.4, 0.5) is 0 Å². The standard InChI is InChI=1S/C21H22N2O4S/c1-14(21(25)23-8-10-28(26,27)11-9-23)22-20(24)16-6-7-19-17(13-16)12-15-4-2-3-5-18(15)19/h2-7,13-14H,8-12H2,1H3,(H,22,24). The van der Waals surface area contributed by atoms with Gasteiger partial charge in [-0.1, -0.05) is 30.3 Å². The van der Waals surface area contributed by atoms with Crippen LogP contribution in [0.5, 0.6) is 0 Å². The van der Waals surface area contributed by atoms with E-state index >= 15 is 0 Å². The molecular formula is C21H22N2O4S. The van der Waals surface area contributed by atoms with Crippen LogP contribution in [-0.4, -0.2) is 55.8 Å². The fourth-order valence-electron chi connectivity index (χ4n) is 3.83. The van der Waals surface area contributed by atoms with Crippen molar-refractivity contribution < 1.29 is 18.0 Å². The molecular weight excluding hydrogens is 376 g/mol. The highest BCUT2D eigenvalue weighted by Crippen LogP contribution is 2.36. The van der Waals surface area contributed by atoms with Crippen LogP contribution in [0, 0.1) is 0 Å². The lowest BCUT2D eigenvalue weighted by Gasteiger charge is -2.29. The summed E-state index contributed by atoms with van der Waals surface area (Å²) in [5, 5.41) is 2.75. The number of fused-ring (bicyclic) bond motifs is 3. The minimum Gasteiger partial charge on any atom is -0.341 e. The highest BCUT2D eigenvalue weighted by Gasteiger charge is 2.29. The molecule has 1 fully saturated rings. The highest BCUT2D eigenvalue weighted by atomic mass is 32.2. The molecule has 1 aliphatic carbocycles. The first kappa shape index (κ1) is 18.7. The Labute approximate surface area is 164 Å². The topological polar surface area (TPSA) is 83.6 Å². The Morgan fingerprint density at radius 1 is 1.00 bits per heavy atom. The summed E-state index contributed by atoms with van der Waals surface area (Å²) < 4.78 is 23.0. The van der Waals surface area contributed by atoms with E-state index in [2.05, 4.69) is 17.4 Å². The maximum Gasteiger partial charge on any atom is 0.251 e. The van der Waals surface area contributed by atoms with E-state index in [9.17, 15) is 18.0 Å². The lowest BCUT2D eigenvalue weighted by molar-refractivity contribution is -0.132. The molecule has 1 saturated heterocycles. The van der Waals surface area contributed by atoms with E-state index in [1.54, 1.807) is 13.0 Å². The molecule has 2 aromatic carbocycles. The van der Waals surface area contributed by atoms with Crippen molar-refractivity contribution in [3.05, 3.63) is 59.2 Å². The van der Waals surface area contributed by atoms with Gasteiger partial charge in [-0.2, -0.15) is 0 Å². The van der Waals surface area contributed by atoms with Crippen LogP contribution in [0.25, 0.3) is 11.1 Å². The summed E-state index contributed by atoms with van der Waals surface area (Å²) in [5.74, 6) is -0.601. The number of carbonyl (C=O) groups excluding carboxylic acids is 2. The molecule has 0 aromatic heterocycles. The molecule has 1 unspecified atom stereocenters. The second kappa shape index (κ2) is 7.05. The van der Waals surface area contributed by atoms with Crippen LogP contribution in [0.15, 0.2) is 42.5 Å². The van der Waals surface area contributed by atoms with Gasteiger partial charge in [0.05, 0.1) is 11.5 Å². The smallest absolute Gasteiger partial charge is 0.251 e. The Morgan fingerprint density at radius 3 is 2.43 bits per heavy atom. The quantitative estimate of drug-likeness (QED) is 0.727. The van der Waals surface area contributed by atoms with Gasteiger partial charge < -0.3 is 10.2 Å². The van der Waals surface area contributed by atoms with E-state index in [0.29, 0.717) is 5.56 Å². The number of sulfone groups is 1. The fraction of sp³-hybridized carbons (Fsp3) is 0.333. The van der Waals surface area contributed by atoms with Gasteiger partial charge in [0.1, 0.15) is 6.04 Å². The van der Waals surface area contributed by atoms with Crippen molar-refractivity contribution in [3.63, 3.8) is 0 Å². The van der Waals surface area contributed by atoms with Gasteiger partial charge in [0.2, 0.25) is 5.91 Å². The monoisotopic (exact) mass is 398 g/mol. The molecule has 0 spiro atoms. The molecule has 0 radical (unpaired) electrons. The molecule has 0 bridgehead atoms. The molecule has 2 amide bonds. The Bertz CT molecular complexity index is 1050. The summed E-state index contributed by atoms with van der Waals surface area (Å²) >= 11 is 0. The van der Waals surface area contributed by atoms with Gasteiger partial charge >= 0.3 is 0 Å². The van der Waals surface area contributed by atoms with Crippen molar-refractivity contribution in [2.75, 3.05) is 24.6 Å². The molecule has 6 nitrogen and oxygen atoms in total. The van der Waals surface area contributed by atoms with Gasteiger partial charge in [0.15, 0.2) is 9.84 Å². The van der Waals surface area contributed by atoms with Crippen LogP contribution in [0.2, 0.25) is 0 Å². The zero-order valence-corrected chi connectivity index (χ0v) is 16.5. The third kappa shape index (κ3) is 3.54. The van der Waals surface area contributed by atoms with E-state index < -0.39 is 15.9 Å². The lowest BCUT2D eigenvalue weighted by Crippen LogP contribution is -2.51. The Kier molecular flexibility index (Phi) is 4.71. The van der Waals surface area contributed by atoms with Crippen molar-refractivity contribution >= 4 is 21.7 Å². The van der Waals surface area contributed by atoms with Gasteiger partial charge in [-0.3, -0.25) is 9.59 Å². The number of hydrogen-bond acceptors (Lipinski definition) is 4. The Morgan fingerprint density at radius 2 is 1.68 bits per heavy atom. The van der Waals surface area contributed by atoms with Crippen molar-refractivity contribution in [2.24, 2.45) is 0 Å². The molecule has 7 heteroatoms. The summed E-state index contributed by atoms with van der Waals surface area (Å²) in [6.45, 7) is 1.99. The number of nitrogens with zero attached hydrogens (tertiary/aromatic N) is 1. The summed E-state index contributed by atoms with van der Waals surface area (Å²) in [5.41, 5.74) is 5.22. The average molecular weight is 398 g/mol. The van der Waals surface area contributed by atoms with Crippen LogP contribution >= 0.6 is 0 Å². The predicted octanol–water partition coefficient (Wildman–Crippen LogP) is 1.63. The first-order valence-corrected chi connectivity index (χ1v) is 11.2. The number of amides is 2. The number of carbonyl (C=O) groups is 2. The second-order valence-electron chi connectivity index (χ2n) is 7.38. The van der Waals surface area contributed by atoms with Gasteiger partial charge in [0, 0.05) is 18.7 Å². The third-order valence-corrected chi connectivity index (χ3v) is 7.04.